The fraction of sp³-hybridized carbons (Fsp3) is 0.250. The molecule has 0 atom stereocenters. The molecule has 0 aliphatic heterocycles. The lowest BCUT2D eigenvalue weighted by atomic mass is 10.2. The highest BCUT2D eigenvalue weighted by atomic mass is 19.1. The maximum Gasteiger partial charge on any atom is 0.167 e. The smallest absolute Gasteiger partial charge is 0.167 e. The Kier molecular flexibility index (Phi) is 3.84. The molecule has 2 nitrogen and oxygen atoms in total. The number of nitrogens with one attached hydrogen (secondary N) is 1. The van der Waals surface area contributed by atoms with Crippen LogP contribution in [0.4, 0.5) is 13.2 Å². The summed E-state index contributed by atoms with van der Waals surface area (Å²) in [6, 6.07) is 7.81. The van der Waals surface area contributed by atoms with Crippen LogP contribution in [0.2, 0.25) is 0 Å². The van der Waals surface area contributed by atoms with Gasteiger partial charge in [-0.1, -0.05) is 12.1 Å². The Morgan fingerprint density at radius 2 is 1.76 bits per heavy atom. The molecule has 0 radical (unpaired) electrons. The Hall–Kier alpha value is -2.01. The van der Waals surface area contributed by atoms with Gasteiger partial charge in [0.25, 0.3) is 0 Å². The summed E-state index contributed by atoms with van der Waals surface area (Å²) in [5.41, 5.74) is 0.617. The third-order valence-electron chi connectivity index (χ3n) is 3.26. The molecular weight excluding hydrogens is 279 g/mol. The number of hydrogen-bond acceptors (Lipinski definition) is 2. The Bertz CT molecular complexity index is 636. The molecule has 0 amide bonds. The maximum atomic E-state index is 13.9. The molecule has 0 aromatic heterocycles. The summed E-state index contributed by atoms with van der Waals surface area (Å²) in [4.78, 5) is 0. The minimum atomic E-state index is -0.765. The first-order valence-corrected chi connectivity index (χ1v) is 6.76. The van der Waals surface area contributed by atoms with Crippen molar-refractivity contribution in [2.45, 2.75) is 25.4 Å². The van der Waals surface area contributed by atoms with Gasteiger partial charge in [-0.2, -0.15) is 0 Å². The van der Waals surface area contributed by atoms with E-state index in [0.717, 1.165) is 31.0 Å². The number of ether oxygens (including phenoxy) is 1. The average molecular weight is 293 g/mol. The van der Waals surface area contributed by atoms with Crippen molar-refractivity contribution < 1.29 is 17.9 Å². The van der Waals surface area contributed by atoms with E-state index in [4.69, 9.17) is 4.74 Å². The number of benzene rings is 2. The van der Waals surface area contributed by atoms with E-state index in [1.807, 2.05) is 0 Å². The minimum absolute atomic E-state index is 0.00403. The Balaban J connectivity index is 1.85. The average Bonchev–Trinajstić information content (AvgIpc) is 3.22. The fourth-order valence-corrected chi connectivity index (χ4v) is 2.05. The Morgan fingerprint density at radius 3 is 2.43 bits per heavy atom. The molecule has 3 rings (SSSR count). The summed E-state index contributed by atoms with van der Waals surface area (Å²) in [5.74, 6) is -2.16. The number of halogens is 3. The van der Waals surface area contributed by atoms with E-state index in [1.54, 1.807) is 12.1 Å². The molecule has 1 aliphatic carbocycles. The molecule has 0 bridgehead atoms. The molecule has 2 aromatic carbocycles. The van der Waals surface area contributed by atoms with E-state index < -0.39 is 17.5 Å². The Labute approximate surface area is 120 Å². The second kappa shape index (κ2) is 5.77. The van der Waals surface area contributed by atoms with Crippen LogP contribution in [-0.4, -0.2) is 6.04 Å². The Morgan fingerprint density at radius 1 is 1.05 bits per heavy atom. The fourth-order valence-electron chi connectivity index (χ4n) is 2.05. The van der Waals surface area contributed by atoms with Crippen molar-refractivity contribution in [1.82, 2.24) is 5.32 Å². The summed E-state index contributed by atoms with van der Waals surface area (Å²) in [5, 5.41) is 3.25. The van der Waals surface area contributed by atoms with Gasteiger partial charge in [0.1, 0.15) is 17.4 Å². The molecule has 0 saturated heterocycles. The predicted octanol–water partition coefficient (Wildman–Crippen LogP) is 4.15. The van der Waals surface area contributed by atoms with Crippen LogP contribution in [-0.2, 0) is 6.54 Å². The first-order chi connectivity index (χ1) is 10.1. The predicted molar refractivity (Wildman–Crippen MR) is 72.7 cm³/mol. The van der Waals surface area contributed by atoms with Crippen LogP contribution >= 0.6 is 0 Å². The van der Waals surface area contributed by atoms with Crippen molar-refractivity contribution in [2.24, 2.45) is 0 Å². The third kappa shape index (κ3) is 3.55. The summed E-state index contributed by atoms with van der Waals surface area (Å²) >= 11 is 0. The van der Waals surface area contributed by atoms with Gasteiger partial charge < -0.3 is 10.1 Å². The third-order valence-corrected chi connectivity index (χ3v) is 3.26. The zero-order chi connectivity index (χ0) is 14.8. The SMILES string of the molecule is Fc1cc(F)cc(Oc2c(F)cccc2CNC2CC2)c1. The highest BCUT2D eigenvalue weighted by Gasteiger charge is 2.21. The molecule has 5 heteroatoms. The lowest BCUT2D eigenvalue weighted by Crippen LogP contribution is -2.16. The van der Waals surface area contributed by atoms with Gasteiger partial charge in [0.05, 0.1) is 0 Å². The van der Waals surface area contributed by atoms with Gasteiger partial charge in [-0.05, 0) is 18.9 Å². The monoisotopic (exact) mass is 293 g/mol. The lowest BCUT2D eigenvalue weighted by molar-refractivity contribution is 0.426. The molecule has 1 aliphatic rings. The van der Waals surface area contributed by atoms with E-state index in [9.17, 15) is 13.2 Å². The standard InChI is InChI=1S/C16H14F3NO/c17-11-6-12(18)8-14(7-11)21-16-10(2-1-3-15(16)19)9-20-13-4-5-13/h1-3,6-8,13,20H,4-5,9H2. The summed E-state index contributed by atoms with van der Waals surface area (Å²) in [6.07, 6.45) is 2.22. The number of rotatable bonds is 5. The van der Waals surface area contributed by atoms with Crippen LogP contribution in [0.1, 0.15) is 18.4 Å². The highest BCUT2D eigenvalue weighted by molar-refractivity contribution is 5.39. The van der Waals surface area contributed by atoms with Gasteiger partial charge in [0.15, 0.2) is 11.6 Å². The minimum Gasteiger partial charge on any atom is -0.454 e. The lowest BCUT2D eigenvalue weighted by Gasteiger charge is -2.13. The molecule has 2 aromatic rings. The van der Waals surface area contributed by atoms with Crippen molar-refractivity contribution in [3.05, 3.63) is 59.4 Å². The molecule has 0 spiro atoms. The highest BCUT2D eigenvalue weighted by Crippen LogP contribution is 2.30. The van der Waals surface area contributed by atoms with Crippen LogP contribution in [0.15, 0.2) is 36.4 Å². The van der Waals surface area contributed by atoms with Crippen molar-refractivity contribution in [1.29, 1.82) is 0 Å². The second-order valence-corrected chi connectivity index (χ2v) is 5.09. The van der Waals surface area contributed by atoms with Crippen molar-refractivity contribution in [2.75, 3.05) is 0 Å². The molecule has 21 heavy (non-hydrogen) atoms. The summed E-state index contributed by atoms with van der Waals surface area (Å²) < 4.78 is 45.6. The van der Waals surface area contributed by atoms with Crippen LogP contribution in [0.25, 0.3) is 0 Å². The van der Waals surface area contributed by atoms with Gasteiger partial charge in [0.2, 0.25) is 0 Å². The van der Waals surface area contributed by atoms with Gasteiger partial charge >= 0.3 is 0 Å². The zero-order valence-electron chi connectivity index (χ0n) is 11.2. The largest absolute Gasteiger partial charge is 0.454 e. The normalized spacial score (nSPS) is 14.2. The molecule has 1 saturated carbocycles. The van der Waals surface area contributed by atoms with Crippen LogP contribution in [0.3, 0.4) is 0 Å². The van der Waals surface area contributed by atoms with E-state index in [1.165, 1.54) is 6.07 Å². The van der Waals surface area contributed by atoms with Crippen LogP contribution in [0, 0.1) is 17.5 Å². The second-order valence-electron chi connectivity index (χ2n) is 5.09. The quantitative estimate of drug-likeness (QED) is 0.894. The summed E-state index contributed by atoms with van der Waals surface area (Å²) in [7, 11) is 0. The molecule has 0 heterocycles. The zero-order valence-corrected chi connectivity index (χ0v) is 11.2. The van der Waals surface area contributed by atoms with E-state index >= 15 is 0 Å². The summed E-state index contributed by atoms with van der Waals surface area (Å²) in [6.45, 7) is 0.454. The molecule has 1 N–H and O–H groups in total. The molecular formula is C16H14F3NO. The first-order valence-electron chi connectivity index (χ1n) is 6.76. The van der Waals surface area contributed by atoms with E-state index in [2.05, 4.69) is 5.32 Å². The van der Waals surface area contributed by atoms with Gasteiger partial charge in [0, 0.05) is 36.3 Å². The molecule has 110 valence electrons. The van der Waals surface area contributed by atoms with E-state index in [-0.39, 0.29) is 11.5 Å². The van der Waals surface area contributed by atoms with Gasteiger partial charge in [-0.25, -0.2) is 13.2 Å². The van der Waals surface area contributed by atoms with Crippen molar-refractivity contribution in [3.63, 3.8) is 0 Å². The number of hydrogen-bond donors (Lipinski definition) is 1. The van der Waals surface area contributed by atoms with Crippen LogP contribution in [0.5, 0.6) is 11.5 Å². The topological polar surface area (TPSA) is 21.3 Å². The maximum absolute atomic E-state index is 13.9. The van der Waals surface area contributed by atoms with Crippen LogP contribution < -0.4 is 10.1 Å². The molecule has 0 unspecified atom stereocenters. The number of para-hydroxylation sites is 1. The van der Waals surface area contributed by atoms with Crippen molar-refractivity contribution >= 4 is 0 Å². The van der Waals surface area contributed by atoms with Gasteiger partial charge in [-0.3, -0.25) is 0 Å². The first kappa shape index (κ1) is 13.9. The van der Waals surface area contributed by atoms with E-state index in [0.29, 0.717) is 18.2 Å². The van der Waals surface area contributed by atoms with Crippen molar-refractivity contribution in [3.8, 4) is 11.5 Å². The van der Waals surface area contributed by atoms with Gasteiger partial charge in [-0.15, -0.1) is 0 Å². The molecule has 1 fully saturated rings.